The fourth-order valence-corrected chi connectivity index (χ4v) is 1.82. The van der Waals surface area contributed by atoms with Gasteiger partial charge in [-0.05, 0) is 20.2 Å². The van der Waals surface area contributed by atoms with Crippen LogP contribution in [0.3, 0.4) is 0 Å². The second-order valence-electron chi connectivity index (χ2n) is 4.22. The molecule has 0 radical (unpaired) electrons. The Balaban J connectivity index is 2.22. The minimum absolute atomic E-state index is 0.656. The molecule has 0 aromatic carbocycles. The van der Waals surface area contributed by atoms with Crippen molar-refractivity contribution in [3.63, 3.8) is 0 Å². The molecule has 2 heterocycles. The van der Waals surface area contributed by atoms with Crippen LogP contribution in [0, 0.1) is 0 Å². The molecule has 0 unspecified atom stereocenters. The van der Waals surface area contributed by atoms with E-state index in [0.717, 1.165) is 24.5 Å². The van der Waals surface area contributed by atoms with Gasteiger partial charge in [0.2, 0.25) is 0 Å². The zero-order chi connectivity index (χ0) is 12.4. The summed E-state index contributed by atoms with van der Waals surface area (Å²) in [5.41, 5.74) is 1.82. The molecule has 2 aromatic rings. The molecule has 0 bridgehead atoms. The van der Waals surface area contributed by atoms with Gasteiger partial charge in [0.05, 0.1) is 12.2 Å². The van der Waals surface area contributed by atoms with Crippen molar-refractivity contribution in [2.45, 2.75) is 6.54 Å². The number of aryl methyl sites for hydroxylation is 1. The summed E-state index contributed by atoms with van der Waals surface area (Å²) in [6, 6.07) is 3.79. The first-order valence-corrected chi connectivity index (χ1v) is 5.82. The summed E-state index contributed by atoms with van der Waals surface area (Å²) in [5.74, 6) is 0. The lowest BCUT2D eigenvalue weighted by Gasteiger charge is -2.09. The number of hydrogen-bond donors (Lipinski definition) is 0. The van der Waals surface area contributed by atoms with Crippen LogP contribution in [-0.4, -0.2) is 45.1 Å². The average molecular weight is 254 g/mol. The van der Waals surface area contributed by atoms with Crippen LogP contribution >= 0.6 is 11.6 Å². The quantitative estimate of drug-likeness (QED) is 0.829. The van der Waals surface area contributed by atoms with Crippen molar-refractivity contribution in [2.75, 3.05) is 20.6 Å². The van der Waals surface area contributed by atoms with E-state index in [-0.39, 0.29) is 0 Å². The first kappa shape index (κ1) is 12.1. The number of nitrogens with zero attached hydrogens (tertiary/aromatic N) is 5. The molecule has 0 aliphatic heterocycles. The van der Waals surface area contributed by atoms with Crippen LogP contribution < -0.4 is 0 Å². The zero-order valence-electron chi connectivity index (χ0n) is 10.3. The Morgan fingerprint density at radius 2 is 2.18 bits per heavy atom. The molecular formula is C11H16ClN5. The molecule has 0 amide bonds. The second-order valence-corrected chi connectivity index (χ2v) is 4.61. The van der Waals surface area contributed by atoms with Gasteiger partial charge in [0.1, 0.15) is 10.8 Å². The van der Waals surface area contributed by atoms with Crippen LogP contribution in [0.2, 0.25) is 5.15 Å². The summed E-state index contributed by atoms with van der Waals surface area (Å²) in [7, 11) is 5.95. The predicted octanol–water partition coefficient (Wildman–Crippen LogP) is 1.50. The normalized spacial score (nSPS) is 11.4. The molecule has 2 aromatic heterocycles. The minimum atomic E-state index is 0.656. The van der Waals surface area contributed by atoms with E-state index >= 15 is 0 Å². The highest BCUT2D eigenvalue weighted by Gasteiger charge is 2.10. The van der Waals surface area contributed by atoms with Crippen molar-refractivity contribution < 1.29 is 0 Å². The average Bonchev–Trinajstić information content (AvgIpc) is 2.82. The Morgan fingerprint density at radius 3 is 2.76 bits per heavy atom. The van der Waals surface area contributed by atoms with Gasteiger partial charge >= 0.3 is 0 Å². The number of hydrogen-bond acceptors (Lipinski definition) is 3. The molecule has 92 valence electrons. The highest BCUT2D eigenvalue weighted by atomic mass is 35.5. The van der Waals surface area contributed by atoms with E-state index in [1.165, 1.54) is 0 Å². The van der Waals surface area contributed by atoms with Gasteiger partial charge in [-0.2, -0.15) is 10.2 Å². The molecule has 0 spiro atoms. The van der Waals surface area contributed by atoms with E-state index in [4.69, 9.17) is 11.6 Å². The smallest absolute Gasteiger partial charge is 0.127 e. The Hall–Kier alpha value is -1.33. The van der Waals surface area contributed by atoms with Crippen LogP contribution in [-0.2, 0) is 13.6 Å². The fraction of sp³-hybridized carbons (Fsp3) is 0.455. The monoisotopic (exact) mass is 253 g/mol. The van der Waals surface area contributed by atoms with Gasteiger partial charge in [0.25, 0.3) is 0 Å². The third kappa shape index (κ3) is 2.68. The lowest BCUT2D eigenvalue weighted by molar-refractivity contribution is 0.373. The standard InChI is InChI=1S/C11H16ClN5/c1-15(2)6-7-17-11(12)8-9(14-17)10-4-5-13-16(10)3/h4-5,8H,6-7H2,1-3H3. The van der Waals surface area contributed by atoms with Gasteiger partial charge in [0, 0.05) is 25.9 Å². The van der Waals surface area contributed by atoms with Gasteiger partial charge in [-0.15, -0.1) is 0 Å². The van der Waals surface area contributed by atoms with Crippen LogP contribution in [0.4, 0.5) is 0 Å². The summed E-state index contributed by atoms with van der Waals surface area (Å²) in [4.78, 5) is 2.10. The van der Waals surface area contributed by atoms with Crippen LogP contribution in [0.1, 0.15) is 0 Å². The van der Waals surface area contributed by atoms with Gasteiger partial charge in [0.15, 0.2) is 0 Å². The number of likely N-dealkylation sites (N-methyl/N-ethyl adjacent to an activating group) is 1. The number of halogens is 1. The maximum Gasteiger partial charge on any atom is 0.127 e. The summed E-state index contributed by atoms with van der Waals surface area (Å²) in [6.07, 6.45) is 1.75. The predicted molar refractivity (Wildman–Crippen MR) is 68.0 cm³/mol. The van der Waals surface area contributed by atoms with Crippen molar-refractivity contribution in [1.82, 2.24) is 24.5 Å². The largest absolute Gasteiger partial charge is 0.308 e. The van der Waals surface area contributed by atoms with Gasteiger partial charge in [-0.3, -0.25) is 9.36 Å². The number of aromatic nitrogens is 4. The summed E-state index contributed by atoms with van der Waals surface area (Å²) < 4.78 is 3.60. The van der Waals surface area contributed by atoms with Crippen molar-refractivity contribution in [1.29, 1.82) is 0 Å². The summed E-state index contributed by atoms with van der Waals surface area (Å²) in [6.45, 7) is 1.69. The molecule has 0 N–H and O–H groups in total. The van der Waals surface area contributed by atoms with E-state index in [1.54, 1.807) is 10.9 Å². The van der Waals surface area contributed by atoms with Gasteiger partial charge in [-0.25, -0.2) is 0 Å². The first-order chi connectivity index (χ1) is 8.08. The molecule has 0 saturated heterocycles. The highest BCUT2D eigenvalue weighted by molar-refractivity contribution is 6.29. The van der Waals surface area contributed by atoms with Gasteiger partial charge < -0.3 is 4.90 Å². The van der Waals surface area contributed by atoms with E-state index in [0.29, 0.717) is 5.15 Å². The van der Waals surface area contributed by atoms with Crippen molar-refractivity contribution >= 4 is 11.6 Å². The SMILES string of the molecule is CN(C)CCn1nc(-c2ccnn2C)cc1Cl. The fourth-order valence-electron chi connectivity index (χ4n) is 1.60. The number of rotatable bonds is 4. The topological polar surface area (TPSA) is 38.9 Å². The third-order valence-electron chi connectivity index (χ3n) is 2.57. The molecule has 0 fully saturated rings. The molecule has 2 rings (SSSR count). The Bertz CT molecular complexity index is 500. The van der Waals surface area contributed by atoms with E-state index in [2.05, 4.69) is 15.1 Å². The third-order valence-corrected chi connectivity index (χ3v) is 2.88. The van der Waals surface area contributed by atoms with Crippen LogP contribution in [0.25, 0.3) is 11.4 Å². The van der Waals surface area contributed by atoms with E-state index in [1.807, 2.05) is 38.0 Å². The molecule has 17 heavy (non-hydrogen) atoms. The van der Waals surface area contributed by atoms with E-state index in [9.17, 15) is 0 Å². The van der Waals surface area contributed by atoms with E-state index < -0.39 is 0 Å². The van der Waals surface area contributed by atoms with Crippen LogP contribution in [0.15, 0.2) is 18.3 Å². The highest BCUT2D eigenvalue weighted by Crippen LogP contribution is 2.20. The molecule has 0 atom stereocenters. The van der Waals surface area contributed by atoms with Crippen molar-refractivity contribution in [2.24, 2.45) is 7.05 Å². The molecule has 0 aliphatic rings. The maximum absolute atomic E-state index is 6.15. The summed E-state index contributed by atoms with van der Waals surface area (Å²) >= 11 is 6.15. The van der Waals surface area contributed by atoms with Crippen molar-refractivity contribution in [3.8, 4) is 11.4 Å². The molecule has 0 aliphatic carbocycles. The Kier molecular flexibility index (Phi) is 3.49. The van der Waals surface area contributed by atoms with Crippen LogP contribution in [0.5, 0.6) is 0 Å². The summed E-state index contributed by atoms with van der Waals surface area (Å²) in [5, 5.41) is 9.26. The molecule has 0 saturated carbocycles. The van der Waals surface area contributed by atoms with Gasteiger partial charge in [-0.1, -0.05) is 11.6 Å². The Labute approximate surface area is 106 Å². The lowest BCUT2D eigenvalue weighted by atomic mass is 10.3. The van der Waals surface area contributed by atoms with Crippen molar-refractivity contribution in [3.05, 3.63) is 23.5 Å². The molecule has 5 nitrogen and oxygen atoms in total. The maximum atomic E-state index is 6.15. The zero-order valence-corrected chi connectivity index (χ0v) is 11.0. The first-order valence-electron chi connectivity index (χ1n) is 5.44. The Morgan fingerprint density at radius 1 is 1.41 bits per heavy atom. The lowest BCUT2D eigenvalue weighted by Crippen LogP contribution is -2.19. The second kappa shape index (κ2) is 4.89. The molecule has 6 heteroatoms. The molecular weight excluding hydrogens is 238 g/mol. The minimum Gasteiger partial charge on any atom is -0.308 e.